The van der Waals surface area contributed by atoms with Gasteiger partial charge in [-0.3, -0.25) is 14.0 Å². The van der Waals surface area contributed by atoms with Gasteiger partial charge in [0.15, 0.2) is 0 Å². The van der Waals surface area contributed by atoms with E-state index in [4.69, 9.17) is 15.8 Å². The number of nitrogens with zero attached hydrogens (tertiary/aromatic N) is 4. The van der Waals surface area contributed by atoms with Crippen LogP contribution >= 0.6 is 22.6 Å². The Hall–Kier alpha value is -3.20. The van der Waals surface area contributed by atoms with Crippen molar-refractivity contribution in [1.29, 1.82) is 0 Å². The summed E-state index contributed by atoms with van der Waals surface area (Å²) in [5.74, 6) is 0.626. The highest BCUT2D eigenvalue weighted by Crippen LogP contribution is 2.27. The molecule has 31 heavy (non-hydrogen) atoms. The smallest absolute Gasteiger partial charge is 0.266 e. The molecule has 0 fully saturated rings. The van der Waals surface area contributed by atoms with Crippen LogP contribution in [0.15, 0.2) is 65.5 Å². The van der Waals surface area contributed by atoms with E-state index in [2.05, 4.69) is 22.6 Å². The molecule has 0 radical (unpaired) electrons. The van der Waals surface area contributed by atoms with Gasteiger partial charge in [-0.1, -0.05) is 36.4 Å². The Bertz CT molecular complexity index is 1530. The summed E-state index contributed by atoms with van der Waals surface area (Å²) >= 11 is 2.20. The molecule has 3 aromatic carbocycles. The normalized spacial score (nSPS) is 11.5. The topological polar surface area (TPSA) is 78.7 Å². The Morgan fingerprint density at radius 2 is 1.68 bits per heavy atom. The van der Waals surface area contributed by atoms with E-state index in [0.29, 0.717) is 29.0 Å². The van der Waals surface area contributed by atoms with Gasteiger partial charge in [-0.05, 0) is 71.8 Å². The minimum atomic E-state index is -0.0712. The zero-order valence-corrected chi connectivity index (χ0v) is 19.3. The Balaban J connectivity index is 1.82. The van der Waals surface area contributed by atoms with Gasteiger partial charge in [-0.25, -0.2) is 4.98 Å². The molecule has 2 N–H and O–H groups in total. The molecule has 0 aliphatic heterocycles. The summed E-state index contributed by atoms with van der Waals surface area (Å²) < 4.78 is 4.41. The van der Waals surface area contributed by atoms with Gasteiger partial charge in [0.05, 0.1) is 27.5 Å². The van der Waals surface area contributed by atoms with Crippen molar-refractivity contribution in [3.8, 4) is 5.69 Å². The second-order valence-electron chi connectivity index (χ2n) is 7.61. The maximum absolute atomic E-state index is 13.7. The van der Waals surface area contributed by atoms with Crippen LogP contribution < -0.4 is 11.3 Å². The maximum atomic E-state index is 13.7. The summed E-state index contributed by atoms with van der Waals surface area (Å²) in [4.78, 5) is 18.6. The standard InChI is InChI=1S/C24H20IN5O/c1-14-7-3-4-11-18(14)30-20(27-17-10-5-8-15(2)21(17)24(30)31)13-29-19-12-6-9-16(26)22(19)23(25)28-29/h3-12H,13,26H2,1-2H3. The van der Waals surface area contributed by atoms with Crippen LogP contribution in [-0.2, 0) is 6.54 Å². The Kier molecular flexibility index (Phi) is 4.77. The number of aryl methyl sites for hydroxylation is 2. The number of anilines is 1. The number of hydrogen-bond donors (Lipinski definition) is 1. The molecule has 0 saturated heterocycles. The van der Waals surface area contributed by atoms with Gasteiger partial charge in [0, 0.05) is 5.69 Å². The van der Waals surface area contributed by atoms with Crippen LogP contribution in [0.3, 0.4) is 0 Å². The molecule has 2 aromatic heterocycles. The van der Waals surface area contributed by atoms with Gasteiger partial charge < -0.3 is 5.73 Å². The van der Waals surface area contributed by atoms with E-state index < -0.39 is 0 Å². The van der Waals surface area contributed by atoms with Crippen LogP contribution in [0.5, 0.6) is 0 Å². The second kappa shape index (κ2) is 7.49. The first kappa shape index (κ1) is 19.7. The number of nitrogens with two attached hydrogens (primary N) is 1. The first-order chi connectivity index (χ1) is 15.0. The van der Waals surface area contributed by atoms with Crippen LogP contribution in [0.1, 0.15) is 17.0 Å². The number of nitrogen functional groups attached to an aromatic ring is 1. The molecule has 0 aliphatic rings. The predicted octanol–water partition coefficient (Wildman–Crippen LogP) is 4.59. The summed E-state index contributed by atoms with van der Waals surface area (Å²) in [6.07, 6.45) is 0. The number of benzene rings is 3. The van der Waals surface area contributed by atoms with Crippen LogP contribution in [0, 0.1) is 17.5 Å². The lowest BCUT2D eigenvalue weighted by atomic mass is 10.1. The number of aromatic nitrogens is 4. The van der Waals surface area contributed by atoms with Crippen molar-refractivity contribution in [1.82, 2.24) is 19.3 Å². The molecule has 0 spiro atoms. The lowest BCUT2D eigenvalue weighted by Crippen LogP contribution is -2.26. The van der Waals surface area contributed by atoms with E-state index in [1.165, 1.54) is 0 Å². The van der Waals surface area contributed by atoms with Crippen molar-refractivity contribution in [3.63, 3.8) is 0 Å². The van der Waals surface area contributed by atoms with Crippen molar-refractivity contribution in [2.75, 3.05) is 5.73 Å². The van der Waals surface area contributed by atoms with Crippen molar-refractivity contribution in [2.24, 2.45) is 0 Å². The predicted molar refractivity (Wildman–Crippen MR) is 133 cm³/mol. The monoisotopic (exact) mass is 521 g/mol. The van der Waals surface area contributed by atoms with Gasteiger partial charge >= 0.3 is 0 Å². The first-order valence-corrected chi connectivity index (χ1v) is 11.0. The Labute approximate surface area is 192 Å². The molecule has 0 amide bonds. The molecule has 5 aromatic rings. The minimum Gasteiger partial charge on any atom is -0.398 e. The average molecular weight is 521 g/mol. The Morgan fingerprint density at radius 1 is 0.935 bits per heavy atom. The molecule has 0 saturated carbocycles. The fraction of sp³-hybridized carbons (Fsp3) is 0.125. The second-order valence-corrected chi connectivity index (χ2v) is 8.64. The largest absolute Gasteiger partial charge is 0.398 e. The summed E-state index contributed by atoms with van der Waals surface area (Å²) in [7, 11) is 0. The molecule has 0 bridgehead atoms. The van der Waals surface area contributed by atoms with Crippen molar-refractivity contribution in [3.05, 3.63) is 91.7 Å². The van der Waals surface area contributed by atoms with Crippen LogP contribution in [-0.4, -0.2) is 19.3 Å². The fourth-order valence-corrected chi connectivity index (χ4v) is 4.92. The number of fused-ring (bicyclic) bond motifs is 2. The molecule has 0 aliphatic carbocycles. The van der Waals surface area contributed by atoms with E-state index in [1.54, 1.807) is 4.57 Å². The van der Waals surface area contributed by atoms with Crippen molar-refractivity contribution >= 4 is 50.1 Å². The number of para-hydroxylation sites is 1. The summed E-state index contributed by atoms with van der Waals surface area (Å²) in [6.45, 7) is 4.29. The first-order valence-electron chi connectivity index (χ1n) is 9.93. The molecule has 0 unspecified atom stereocenters. The molecule has 2 heterocycles. The Morgan fingerprint density at radius 3 is 2.48 bits per heavy atom. The maximum Gasteiger partial charge on any atom is 0.266 e. The van der Waals surface area contributed by atoms with Gasteiger partial charge in [-0.15, -0.1) is 0 Å². The van der Waals surface area contributed by atoms with E-state index in [9.17, 15) is 4.79 Å². The van der Waals surface area contributed by atoms with E-state index >= 15 is 0 Å². The molecule has 7 heteroatoms. The van der Waals surface area contributed by atoms with E-state index in [-0.39, 0.29) is 5.56 Å². The van der Waals surface area contributed by atoms with Crippen LogP contribution in [0.25, 0.3) is 27.5 Å². The zero-order chi connectivity index (χ0) is 21.7. The lowest BCUT2D eigenvalue weighted by molar-refractivity contribution is 0.650. The van der Waals surface area contributed by atoms with E-state index in [0.717, 1.165) is 31.4 Å². The minimum absolute atomic E-state index is 0.0712. The average Bonchev–Trinajstić information content (AvgIpc) is 3.05. The van der Waals surface area contributed by atoms with Crippen molar-refractivity contribution < 1.29 is 0 Å². The molecule has 5 rings (SSSR count). The highest BCUT2D eigenvalue weighted by molar-refractivity contribution is 14.1. The quantitative estimate of drug-likeness (QED) is 0.279. The summed E-state index contributed by atoms with van der Waals surface area (Å²) in [5.41, 5.74) is 11.2. The van der Waals surface area contributed by atoms with Gasteiger partial charge in [0.1, 0.15) is 16.1 Å². The van der Waals surface area contributed by atoms with Gasteiger partial charge in [0.2, 0.25) is 0 Å². The fourth-order valence-electron chi connectivity index (χ4n) is 4.07. The molecule has 6 nitrogen and oxygen atoms in total. The van der Waals surface area contributed by atoms with Crippen molar-refractivity contribution in [2.45, 2.75) is 20.4 Å². The third-order valence-electron chi connectivity index (χ3n) is 5.59. The van der Waals surface area contributed by atoms with Crippen LogP contribution in [0.2, 0.25) is 0 Å². The van der Waals surface area contributed by atoms with E-state index in [1.807, 2.05) is 79.2 Å². The SMILES string of the molecule is Cc1ccccc1-n1c(Cn2nc(I)c3c(N)cccc32)nc2cccc(C)c2c1=O. The molecule has 154 valence electrons. The third-order valence-corrected chi connectivity index (χ3v) is 6.35. The van der Waals surface area contributed by atoms with Gasteiger partial charge in [0.25, 0.3) is 5.56 Å². The zero-order valence-electron chi connectivity index (χ0n) is 17.1. The summed E-state index contributed by atoms with van der Waals surface area (Å²) in [6, 6.07) is 19.4. The number of halogens is 1. The molecular weight excluding hydrogens is 501 g/mol. The number of hydrogen-bond acceptors (Lipinski definition) is 4. The number of rotatable bonds is 3. The van der Waals surface area contributed by atoms with Crippen LogP contribution in [0.4, 0.5) is 5.69 Å². The molecule has 0 atom stereocenters. The van der Waals surface area contributed by atoms with Gasteiger partial charge in [-0.2, -0.15) is 5.10 Å². The highest BCUT2D eigenvalue weighted by Gasteiger charge is 2.18. The summed E-state index contributed by atoms with van der Waals surface area (Å²) in [5, 5.41) is 6.26. The molecular formula is C24H20IN5O. The lowest BCUT2D eigenvalue weighted by Gasteiger charge is -2.16. The third kappa shape index (κ3) is 3.20. The highest BCUT2D eigenvalue weighted by atomic mass is 127.